The van der Waals surface area contributed by atoms with Gasteiger partial charge in [-0.05, 0) is 24.6 Å². The van der Waals surface area contributed by atoms with Crippen molar-refractivity contribution >= 4 is 0 Å². The van der Waals surface area contributed by atoms with E-state index in [0.717, 1.165) is 12.1 Å². The molecule has 1 aromatic carbocycles. The first-order valence-corrected chi connectivity index (χ1v) is 5.41. The Hall–Kier alpha value is -1.04. The highest BCUT2D eigenvalue weighted by atomic mass is 19.2. The Kier molecular flexibility index (Phi) is 5.47. The molecule has 96 valence electrons. The molecule has 0 fully saturated rings. The number of methoxy groups -OCH3 is 1. The molecular formula is C12H17F2NO2. The van der Waals surface area contributed by atoms with E-state index < -0.39 is 17.7 Å². The molecule has 0 aromatic heterocycles. The first kappa shape index (κ1) is 14.0. The smallest absolute Gasteiger partial charge is 0.159 e. The highest BCUT2D eigenvalue weighted by Crippen LogP contribution is 2.19. The fraction of sp³-hybridized carbons (Fsp3) is 0.500. The van der Waals surface area contributed by atoms with E-state index in [1.54, 1.807) is 14.0 Å². The van der Waals surface area contributed by atoms with E-state index in [-0.39, 0.29) is 6.04 Å². The first-order chi connectivity index (χ1) is 8.06. The van der Waals surface area contributed by atoms with E-state index in [0.29, 0.717) is 18.7 Å². The molecule has 2 atom stereocenters. The fourth-order valence-electron chi connectivity index (χ4n) is 1.49. The normalized spacial score (nSPS) is 14.6. The van der Waals surface area contributed by atoms with Crippen molar-refractivity contribution in [3.05, 3.63) is 35.4 Å². The van der Waals surface area contributed by atoms with Crippen molar-refractivity contribution in [3.63, 3.8) is 0 Å². The molecule has 0 radical (unpaired) electrons. The SMILES string of the molecule is COCCNC(C)C(O)c1ccc(F)c(F)c1. The van der Waals surface area contributed by atoms with Gasteiger partial charge >= 0.3 is 0 Å². The van der Waals surface area contributed by atoms with E-state index in [1.165, 1.54) is 6.07 Å². The van der Waals surface area contributed by atoms with Crippen LogP contribution in [0.1, 0.15) is 18.6 Å². The summed E-state index contributed by atoms with van der Waals surface area (Å²) in [6.07, 6.45) is -0.887. The Morgan fingerprint density at radius 1 is 1.35 bits per heavy atom. The Labute approximate surface area is 99.4 Å². The molecule has 0 spiro atoms. The van der Waals surface area contributed by atoms with Crippen molar-refractivity contribution < 1.29 is 18.6 Å². The summed E-state index contributed by atoms with van der Waals surface area (Å²) in [4.78, 5) is 0. The predicted octanol–water partition coefficient (Wildman–Crippen LogP) is 1.62. The summed E-state index contributed by atoms with van der Waals surface area (Å²) in [6.45, 7) is 2.87. The summed E-state index contributed by atoms with van der Waals surface area (Å²) in [6, 6.07) is 3.12. The zero-order valence-corrected chi connectivity index (χ0v) is 9.91. The minimum atomic E-state index is -0.953. The van der Waals surface area contributed by atoms with Crippen molar-refractivity contribution in [2.45, 2.75) is 19.1 Å². The van der Waals surface area contributed by atoms with Crippen LogP contribution < -0.4 is 5.32 Å². The molecule has 0 bridgehead atoms. The molecule has 3 nitrogen and oxygen atoms in total. The highest BCUT2D eigenvalue weighted by Gasteiger charge is 2.17. The van der Waals surface area contributed by atoms with E-state index in [1.807, 2.05) is 0 Å². The molecular weight excluding hydrogens is 228 g/mol. The lowest BCUT2D eigenvalue weighted by Crippen LogP contribution is -2.34. The highest BCUT2D eigenvalue weighted by molar-refractivity contribution is 5.21. The maximum atomic E-state index is 13.0. The zero-order valence-electron chi connectivity index (χ0n) is 9.91. The molecule has 0 saturated carbocycles. The minimum Gasteiger partial charge on any atom is -0.387 e. The lowest BCUT2D eigenvalue weighted by molar-refractivity contribution is 0.126. The van der Waals surface area contributed by atoms with Gasteiger partial charge in [0.15, 0.2) is 11.6 Å². The van der Waals surface area contributed by atoms with Crippen LogP contribution >= 0.6 is 0 Å². The van der Waals surface area contributed by atoms with Crippen molar-refractivity contribution in [2.75, 3.05) is 20.3 Å². The van der Waals surface area contributed by atoms with Gasteiger partial charge in [-0.3, -0.25) is 0 Å². The number of aliphatic hydroxyl groups is 1. The van der Waals surface area contributed by atoms with Gasteiger partial charge < -0.3 is 15.2 Å². The molecule has 0 aliphatic carbocycles. The van der Waals surface area contributed by atoms with E-state index >= 15 is 0 Å². The Morgan fingerprint density at radius 2 is 2.06 bits per heavy atom. The summed E-state index contributed by atoms with van der Waals surface area (Å²) in [7, 11) is 1.58. The van der Waals surface area contributed by atoms with Crippen LogP contribution in [0, 0.1) is 11.6 Å². The lowest BCUT2D eigenvalue weighted by atomic mass is 10.0. The van der Waals surface area contributed by atoms with Gasteiger partial charge in [0.05, 0.1) is 12.7 Å². The lowest BCUT2D eigenvalue weighted by Gasteiger charge is -2.20. The fourth-order valence-corrected chi connectivity index (χ4v) is 1.49. The molecule has 0 amide bonds. The second-order valence-corrected chi connectivity index (χ2v) is 3.85. The second kappa shape index (κ2) is 6.64. The molecule has 2 N–H and O–H groups in total. The maximum absolute atomic E-state index is 13.0. The van der Waals surface area contributed by atoms with Crippen molar-refractivity contribution in [1.82, 2.24) is 5.32 Å². The summed E-state index contributed by atoms with van der Waals surface area (Å²) in [5, 5.41) is 12.9. The third kappa shape index (κ3) is 4.03. The number of rotatable bonds is 6. The largest absolute Gasteiger partial charge is 0.387 e. The van der Waals surface area contributed by atoms with Crippen LogP contribution in [0.5, 0.6) is 0 Å². The molecule has 5 heteroatoms. The summed E-state index contributed by atoms with van der Waals surface area (Å²) >= 11 is 0. The summed E-state index contributed by atoms with van der Waals surface area (Å²) < 4.78 is 30.6. The van der Waals surface area contributed by atoms with Gasteiger partial charge in [-0.25, -0.2) is 8.78 Å². The quantitative estimate of drug-likeness (QED) is 0.748. The molecule has 1 aromatic rings. The van der Waals surface area contributed by atoms with Gasteiger partial charge in [0, 0.05) is 19.7 Å². The standard InChI is InChI=1S/C12H17F2NO2/c1-8(15-5-6-17-2)12(16)9-3-4-10(13)11(14)7-9/h3-4,7-8,12,15-16H,5-6H2,1-2H3. The van der Waals surface area contributed by atoms with E-state index in [2.05, 4.69) is 5.32 Å². The maximum Gasteiger partial charge on any atom is 0.159 e. The predicted molar refractivity (Wildman–Crippen MR) is 60.7 cm³/mol. The van der Waals surface area contributed by atoms with Crippen LogP contribution in [-0.4, -0.2) is 31.4 Å². The molecule has 1 rings (SSSR count). The number of benzene rings is 1. The average molecular weight is 245 g/mol. The topological polar surface area (TPSA) is 41.5 Å². The van der Waals surface area contributed by atoms with E-state index in [4.69, 9.17) is 4.74 Å². The van der Waals surface area contributed by atoms with Crippen LogP contribution in [0.15, 0.2) is 18.2 Å². The average Bonchev–Trinajstić information content (AvgIpc) is 2.32. The first-order valence-electron chi connectivity index (χ1n) is 5.41. The monoisotopic (exact) mass is 245 g/mol. The van der Waals surface area contributed by atoms with Gasteiger partial charge in [0.1, 0.15) is 0 Å². The third-order valence-corrected chi connectivity index (χ3v) is 2.53. The van der Waals surface area contributed by atoms with Crippen LogP contribution in [-0.2, 0) is 4.74 Å². The Bertz CT molecular complexity index is 360. The number of aliphatic hydroxyl groups excluding tert-OH is 1. The van der Waals surface area contributed by atoms with Crippen LogP contribution in [0.4, 0.5) is 8.78 Å². The number of ether oxygens (including phenoxy) is 1. The number of hydrogen-bond donors (Lipinski definition) is 2. The van der Waals surface area contributed by atoms with Gasteiger partial charge in [0.2, 0.25) is 0 Å². The zero-order chi connectivity index (χ0) is 12.8. The second-order valence-electron chi connectivity index (χ2n) is 3.85. The van der Waals surface area contributed by atoms with Gasteiger partial charge in [-0.15, -0.1) is 0 Å². The number of nitrogens with one attached hydrogen (secondary N) is 1. The third-order valence-electron chi connectivity index (χ3n) is 2.53. The Balaban J connectivity index is 2.61. The molecule has 0 saturated heterocycles. The van der Waals surface area contributed by atoms with Crippen LogP contribution in [0.25, 0.3) is 0 Å². The molecule has 2 unspecified atom stereocenters. The molecule has 0 aliphatic rings. The van der Waals surface area contributed by atoms with E-state index in [9.17, 15) is 13.9 Å². The minimum absolute atomic E-state index is 0.269. The molecule has 0 heterocycles. The van der Waals surface area contributed by atoms with Gasteiger partial charge in [-0.1, -0.05) is 6.07 Å². The molecule has 0 aliphatic heterocycles. The van der Waals surface area contributed by atoms with Crippen molar-refractivity contribution in [2.24, 2.45) is 0 Å². The number of halogens is 2. The van der Waals surface area contributed by atoms with Crippen LogP contribution in [0.2, 0.25) is 0 Å². The molecule has 17 heavy (non-hydrogen) atoms. The Morgan fingerprint density at radius 3 is 2.65 bits per heavy atom. The van der Waals surface area contributed by atoms with Crippen molar-refractivity contribution in [3.8, 4) is 0 Å². The van der Waals surface area contributed by atoms with Gasteiger partial charge in [-0.2, -0.15) is 0 Å². The summed E-state index contributed by atoms with van der Waals surface area (Å²) in [5.74, 6) is -1.87. The van der Waals surface area contributed by atoms with Crippen LogP contribution in [0.3, 0.4) is 0 Å². The summed E-state index contributed by atoms with van der Waals surface area (Å²) in [5.41, 5.74) is 0.348. The number of hydrogen-bond acceptors (Lipinski definition) is 3. The van der Waals surface area contributed by atoms with Crippen molar-refractivity contribution in [1.29, 1.82) is 0 Å². The van der Waals surface area contributed by atoms with Gasteiger partial charge in [0.25, 0.3) is 0 Å².